The van der Waals surface area contributed by atoms with Crippen LogP contribution in [0.5, 0.6) is 0 Å². The zero-order valence-corrected chi connectivity index (χ0v) is 12.6. The minimum Gasteiger partial charge on any atom is -0.399 e. The number of nitrogens with two attached hydrogens (primary N) is 1. The molecule has 0 bridgehead atoms. The number of hydrogen-bond donors (Lipinski definition) is 2. The van der Waals surface area contributed by atoms with Crippen LogP contribution in [0.1, 0.15) is 15.9 Å². The Hall–Kier alpha value is -1.59. The van der Waals surface area contributed by atoms with E-state index < -0.39 is 5.82 Å². The monoisotopic (exact) mass is 356 g/mol. The van der Waals surface area contributed by atoms with Gasteiger partial charge in [-0.3, -0.25) is 4.79 Å². The molecule has 0 fully saturated rings. The summed E-state index contributed by atoms with van der Waals surface area (Å²) in [5, 5.41) is 2.75. The number of anilines is 1. The first-order chi connectivity index (χ1) is 9.45. The topological polar surface area (TPSA) is 55.1 Å². The summed E-state index contributed by atoms with van der Waals surface area (Å²) in [6.07, 6.45) is 0. The van der Waals surface area contributed by atoms with Crippen LogP contribution in [0.25, 0.3) is 0 Å². The van der Waals surface area contributed by atoms with E-state index in [1.807, 2.05) is 0 Å². The van der Waals surface area contributed by atoms with Gasteiger partial charge in [0.05, 0.1) is 5.02 Å². The van der Waals surface area contributed by atoms with Crippen molar-refractivity contribution in [1.82, 2.24) is 5.32 Å². The standard InChI is InChI=1S/C14H11BrClFN2O/c15-10-4-9(5-11(18)6-10)14(20)19-7-8-1-2-13(17)12(16)3-8/h1-6H,7,18H2,(H,19,20). The summed E-state index contributed by atoms with van der Waals surface area (Å²) >= 11 is 8.95. The summed E-state index contributed by atoms with van der Waals surface area (Å²) in [5.41, 5.74) is 7.33. The van der Waals surface area contributed by atoms with Gasteiger partial charge in [0, 0.05) is 22.3 Å². The van der Waals surface area contributed by atoms with Gasteiger partial charge in [0.2, 0.25) is 0 Å². The van der Waals surface area contributed by atoms with Crippen LogP contribution in [0.4, 0.5) is 10.1 Å². The third-order valence-electron chi connectivity index (χ3n) is 2.62. The predicted octanol–water partition coefficient (Wildman–Crippen LogP) is 3.75. The Bertz CT molecular complexity index is 643. The van der Waals surface area contributed by atoms with Crippen LogP contribution in [0.15, 0.2) is 40.9 Å². The number of benzene rings is 2. The number of carbonyl (C=O) groups excluding carboxylic acids is 1. The van der Waals surface area contributed by atoms with Crippen molar-refractivity contribution in [1.29, 1.82) is 0 Å². The Kier molecular flexibility index (Phi) is 4.62. The second-order valence-electron chi connectivity index (χ2n) is 4.20. The molecule has 3 N–H and O–H groups in total. The lowest BCUT2D eigenvalue weighted by molar-refractivity contribution is 0.0951. The number of rotatable bonds is 3. The van der Waals surface area contributed by atoms with E-state index in [1.54, 1.807) is 24.3 Å². The maximum atomic E-state index is 13.0. The highest BCUT2D eigenvalue weighted by atomic mass is 79.9. The number of hydrogen-bond acceptors (Lipinski definition) is 2. The maximum Gasteiger partial charge on any atom is 0.251 e. The van der Waals surface area contributed by atoms with Crippen LogP contribution in [0.3, 0.4) is 0 Å². The normalized spacial score (nSPS) is 10.3. The van der Waals surface area contributed by atoms with Crippen molar-refractivity contribution in [3.05, 3.63) is 62.8 Å². The molecule has 2 aromatic rings. The van der Waals surface area contributed by atoms with Gasteiger partial charge in [-0.15, -0.1) is 0 Å². The zero-order chi connectivity index (χ0) is 14.7. The van der Waals surface area contributed by atoms with Gasteiger partial charge in [-0.25, -0.2) is 4.39 Å². The minimum atomic E-state index is -0.485. The molecular weight excluding hydrogens is 347 g/mol. The molecule has 2 rings (SSSR count). The molecule has 0 heterocycles. The number of nitrogens with one attached hydrogen (secondary N) is 1. The Morgan fingerprint density at radius 2 is 2.05 bits per heavy atom. The van der Waals surface area contributed by atoms with Crippen LogP contribution in [-0.2, 0) is 6.54 Å². The van der Waals surface area contributed by atoms with E-state index in [-0.39, 0.29) is 17.5 Å². The molecule has 0 spiro atoms. The molecule has 20 heavy (non-hydrogen) atoms. The molecule has 0 saturated carbocycles. The van der Waals surface area contributed by atoms with Crippen molar-refractivity contribution in [2.45, 2.75) is 6.54 Å². The molecule has 0 aliphatic carbocycles. The third kappa shape index (κ3) is 3.71. The molecule has 2 aromatic carbocycles. The van der Waals surface area contributed by atoms with Crippen LogP contribution in [0.2, 0.25) is 5.02 Å². The molecule has 0 aliphatic heterocycles. The average Bonchev–Trinajstić information content (AvgIpc) is 2.38. The summed E-state index contributed by atoms with van der Waals surface area (Å²) < 4.78 is 13.7. The largest absolute Gasteiger partial charge is 0.399 e. The Morgan fingerprint density at radius 1 is 1.30 bits per heavy atom. The van der Waals surface area contributed by atoms with Gasteiger partial charge in [-0.05, 0) is 35.9 Å². The van der Waals surface area contributed by atoms with E-state index in [1.165, 1.54) is 12.1 Å². The van der Waals surface area contributed by atoms with Crippen molar-refractivity contribution < 1.29 is 9.18 Å². The Labute approximate surface area is 129 Å². The first kappa shape index (κ1) is 14.8. The molecule has 0 atom stereocenters. The average molecular weight is 358 g/mol. The van der Waals surface area contributed by atoms with Gasteiger partial charge in [0.25, 0.3) is 5.91 Å². The molecule has 6 heteroatoms. The molecule has 0 unspecified atom stereocenters. The van der Waals surface area contributed by atoms with Crippen molar-refractivity contribution in [2.24, 2.45) is 0 Å². The van der Waals surface area contributed by atoms with Gasteiger partial charge in [-0.2, -0.15) is 0 Å². The summed E-state index contributed by atoms with van der Waals surface area (Å²) in [5.74, 6) is -0.750. The summed E-state index contributed by atoms with van der Waals surface area (Å²) in [7, 11) is 0. The lowest BCUT2D eigenvalue weighted by atomic mass is 10.1. The second-order valence-corrected chi connectivity index (χ2v) is 5.53. The van der Waals surface area contributed by atoms with Crippen LogP contribution in [-0.4, -0.2) is 5.91 Å². The quantitative estimate of drug-likeness (QED) is 0.822. The van der Waals surface area contributed by atoms with Gasteiger partial charge in [0.1, 0.15) is 5.82 Å². The summed E-state index contributed by atoms with van der Waals surface area (Å²) in [6.45, 7) is 0.255. The van der Waals surface area contributed by atoms with Crippen molar-refractivity contribution >= 4 is 39.1 Å². The number of halogens is 3. The SMILES string of the molecule is Nc1cc(Br)cc(C(=O)NCc2ccc(F)c(Cl)c2)c1. The van der Waals surface area contributed by atoms with E-state index >= 15 is 0 Å². The number of amides is 1. The van der Waals surface area contributed by atoms with Gasteiger partial charge in [0.15, 0.2) is 0 Å². The molecule has 0 aromatic heterocycles. The second kappa shape index (κ2) is 6.24. The Balaban J connectivity index is 2.06. The highest BCUT2D eigenvalue weighted by molar-refractivity contribution is 9.10. The molecule has 0 saturated heterocycles. The smallest absolute Gasteiger partial charge is 0.251 e. The highest BCUT2D eigenvalue weighted by Gasteiger charge is 2.08. The van der Waals surface area contributed by atoms with E-state index in [0.29, 0.717) is 16.8 Å². The molecule has 3 nitrogen and oxygen atoms in total. The molecule has 0 radical (unpaired) electrons. The first-order valence-electron chi connectivity index (χ1n) is 5.74. The van der Waals surface area contributed by atoms with Gasteiger partial charge >= 0.3 is 0 Å². The van der Waals surface area contributed by atoms with E-state index in [9.17, 15) is 9.18 Å². The summed E-state index contributed by atoms with van der Waals surface area (Å²) in [6, 6.07) is 9.27. The fourth-order valence-corrected chi connectivity index (χ4v) is 2.39. The lowest BCUT2D eigenvalue weighted by Gasteiger charge is -2.07. The maximum absolute atomic E-state index is 13.0. The predicted molar refractivity (Wildman–Crippen MR) is 81.1 cm³/mol. The highest BCUT2D eigenvalue weighted by Crippen LogP contribution is 2.18. The van der Waals surface area contributed by atoms with Crippen LogP contribution in [0, 0.1) is 5.82 Å². The number of nitrogen functional groups attached to an aromatic ring is 1. The van der Waals surface area contributed by atoms with E-state index in [2.05, 4.69) is 21.2 Å². The number of carbonyl (C=O) groups is 1. The van der Waals surface area contributed by atoms with Crippen molar-refractivity contribution in [3.8, 4) is 0 Å². The van der Waals surface area contributed by atoms with E-state index in [4.69, 9.17) is 17.3 Å². The molecule has 104 valence electrons. The third-order valence-corrected chi connectivity index (χ3v) is 3.37. The van der Waals surface area contributed by atoms with Gasteiger partial charge < -0.3 is 11.1 Å². The fourth-order valence-electron chi connectivity index (χ4n) is 1.68. The fraction of sp³-hybridized carbons (Fsp3) is 0.0714. The molecular formula is C14H11BrClFN2O. The minimum absolute atomic E-state index is 0.0310. The van der Waals surface area contributed by atoms with Crippen LogP contribution >= 0.6 is 27.5 Å². The first-order valence-corrected chi connectivity index (χ1v) is 6.91. The van der Waals surface area contributed by atoms with Gasteiger partial charge in [-0.1, -0.05) is 33.6 Å². The lowest BCUT2D eigenvalue weighted by Crippen LogP contribution is -2.22. The Morgan fingerprint density at radius 3 is 2.70 bits per heavy atom. The van der Waals surface area contributed by atoms with Crippen molar-refractivity contribution in [3.63, 3.8) is 0 Å². The van der Waals surface area contributed by atoms with E-state index in [0.717, 1.165) is 4.47 Å². The molecule has 0 aliphatic rings. The van der Waals surface area contributed by atoms with Crippen molar-refractivity contribution in [2.75, 3.05) is 5.73 Å². The summed E-state index contributed by atoms with van der Waals surface area (Å²) in [4.78, 5) is 12.0. The zero-order valence-electron chi connectivity index (χ0n) is 10.3. The molecule has 1 amide bonds. The van der Waals surface area contributed by atoms with Crippen LogP contribution < -0.4 is 11.1 Å².